The molecule has 0 atom stereocenters. The highest BCUT2D eigenvalue weighted by molar-refractivity contribution is 5.99. The first-order chi connectivity index (χ1) is 15.4. The normalized spacial score (nSPS) is 13.8. The summed E-state index contributed by atoms with van der Waals surface area (Å²) in [5, 5.41) is 19.3. The van der Waals surface area contributed by atoms with E-state index >= 15 is 0 Å². The number of unbranched alkanes of at least 4 members (excludes halogenated alkanes) is 1. The van der Waals surface area contributed by atoms with Crippen LogP contribution in [0.3, 0.4) is 0 Å². The summed E-state index contributed by atoms with van der Waals surface area (Å²) < 4.78 is 24.9. The van der Waals surface area contributed by atoms with Crippen molar-refractivity contribution in [3.63, 3.8) is 0 Å². The molecule has 2 aromatic carbocycles. The number of halogens is 1. The Kier molecular flexibility index (Phi) is 8.09. The number of rotatable bonds is 11. The Hall–Kier alpha value is -3.09. The minimum absolute atomic E-state index is 0.00884. The number of phenols is 1. The maximum absolute atomic E-state index is 13.8. The zero-order chi connectivity index (χ0) is 23.1. The number of carbonyl (C=O) groups is 2. The number of carbonyl (C=O) groups excluding carboxylic acids is 1. The first-order valence-electron chi connectivity index (χ1n) is 11.0. The van der Waals surface area contributed by atoms with E-state index in [1.54, 1.807) is 19.1 Å². The van der Waals surface area contributed by atoms with Gasteiger partial charge < -0.3 is 19.7 Å². The fourth-order valence-electron chi connectivity index (χ4n) is 3.97. The van der Waals surface area contributed by atoms with E-state index in [4.69, 9.17) is 14.6 Å². The quantitative estimate of drug-likeness (QED) is 0.349. The molecule has 1 saturated carbocycles. The minimum Gasteiger partial charge on any atom is -0.507 e. The predicted octanol–water partition coefficient (Wildman–Crippen LogP) is 5.54. The van der Waals surface area contributed by atoms with E-state index in [2.05, 4.69) is 0 Å². The third-order valence-electron chi connectivity index (χ3n) is 5.86. The molecule has 1 aliphatic rings. The Morgan fingerprint density at radius 1 is 1.03 bits per heavy atom. The van der Waals surface area contributed by atoms with Crippen LogP contribution in [0.5, 0.6) is 17.2 Å². The van der Waals surface area contributed by atoms with E-state index in [0.29, 0.717) is 48.7 Å². The number of aromatic hydroxyl groups is 1. The number of benzene rings is 2. The number of carboxylic acids is 1. The second-order valence-corrected chi connectivity index (χ2v) is 8.22. The fourth-order valence-corrected chi connectivity index (χ4v) is 3.97. The molecule has 0 aliphatic heterocycles. The van der Waals surface area contributed by atoms with Gasteiger partial charge in [0.05, 0.1) is 24.3 Å². The van der Waals surface area contributed by atoms with Crippen molar-refractivity contribution in [3.05, 3.63) is 52.8 Å². The molecule has 0 spiro atoms. The van der Waals surface area contributed by atoms with Crippen LogP contribution in [0.15, 0.2) is 30.3 Å². The fraction of sp³-hybridized carbons (Fsp3) is 0.440. The molecule has 0 radical (unpaired) electrons. The van der Waals surface area contributed by atoms with Crippen LogP contribution in [0.4, 0.5) is 4.39 Å². The van der Waals surface area contributed by atoms with Crippen molar-refractivity contribution < 1.29 is 33.7 Å². The number of carboxylic acid groups (broad SMARTS) is 1. The van der Waals surface area contributed by atoms with Gasteiger partial charge in [0.2, 0.25) is 0 Å². The molecule has 3 rings (SSSR count). The van der Waals surface area contributed by atoms with E-state index < -0.39 is 11.8 Å². The predicted molar refractivity (Wildman–Crippen MR) is 117 cm³/mol. The molecule has 1 fully saturated rings. The van der Waals surface area contributed by atoms with Crippen LogP contribution in [0.1, 0.15) is 71.2 Å². The van der Waals surface area contributed by atoms with Gasteiger partial charge in [-0.05, 0) is 56.0 Å². The lowest BCUT2D eigenvalue weighted by atomic mass is 9.95. The SMILES string of the molecule is Cc1c(OCCCCOc2ccc(C(=O)O)cc2F)ccc(C(=O)CC2CCCC2)c1O. The molecule has 6 nitrogen and oxygen atoms in total. The van der Waals surface area contributed by atoms with Crippen molar-refractivity contribution in [2.75, 3.05) is 13.2 Å². The summed E-state index contributed by atoms with van der Waals surface area (Å²) in [4.78, 5) is 23.4. The zero-order valence-electron chi connectivity index (χ0n) is 18.2. The average Bonchev–Trinajstić information content (AvgIpc) is 3.27. The van der Waals surface area contributed by atoms with Gasteiger partial charge >= 0.3 is 5.97 Å². The third kappa shape index (κ3) is 5.99. The number of Topliss-reactive ketones (excluding diaryl/α,β-unsaturated/α-hetero) is 1. The molecule has 0 heterocycles. The first kappa shape index (κ1) is 23.6. The van der Waals surface area contributed by atoms with E-state index in [9.17, 15) is 19.1 Å². The van der Waals surface area contributed by atoms with Gasteiger partial charge in [0.25, 0.3) is 0 Å². The zero-order valence-corrected chi connectivity index (χ0v) is 18.2. The monoisotopic (exact) mass is 444 g/mol. The largest absolute Gasteiger partial charge is 0.507 e. The number of hydrogen-bond donors (Lipinski definition) is 2. The highest BCUT2D eigenvalue weighted by Gasteiger charge is 2.22. The number of phenolic OH excluding ortho intramolecular Hbond substituents is 1. The molecule has 0 amide bonds. The number of ether oxygens (including phenoxy) is 2. The Balaban J connectivity index is 1.43. The van der Waals surface area contributed by atoms with Crippen LogP contribution < -0.4 is 9.47 Å². The van der Waals surface area contributed by atoms with Gasteiger partial charge in [-0.2, -0.15) is 0 Å². The standard InChI is InChI=1S/C25H29FO6/c1-16-22(11-9-19(24(16)28)21(27)14-17-6-2-3-7-17)31-12-4-5-13-32-23-10-8-18(25(29)30)15-20(23)26/h8-11,15,17,28H,2-7,12-14H2,1H3,(H,29,30). The van der Waals surface area contributed by atoms with Crippen molar-refractivity contribution in [1.82, 2.24) is 0 Å². The summed E-state index contributed by atoms with van der Waals surface area (Å²) in [7, 11) is 0. The molecule has 0 unspecified atom stereocenters. The number of ketones is 1. The lowest BCUT2D eigenvalue weighted by molar-refractivity contribution is 0.0696. The lowest BCUT2D eigenvalue weighted by Gasteiger charge is -2.14. The Morgan fingerprint density at radius 2 is 1.66 bits per heavy atom. The van der Waals surface area contributed by atoms with Crippen molar-refractivity contribution in [3.8, 4) is 17.2 Å². The Labute approximate surface area is 187 Å². The third-order valence-corrected chi connectivity index (χ3v) is 5.86. The van der Waals surface area contributed by atoms with Crippen LogP contribution >= 0.6 is 0 Å². The summed E-state index contributed by atoms with van der Waals surface area (Å²) in [5.41, 5.74) is 0.762. The van der Waals surface area contributed by atoms with Gasteiger partial charge in [0.15, 0.2) is 17.3 Å². The van der Waals surface area contributed by atoms with Gasteiger partial charge in [-0.25, -0.2) is 9.18 Å². The summed E-state index contributed by atoms with van der Waals surface area (Å²) in [6.45, 7) is 2.36. The molecule has 7 heteroatoms. The van der Waals surface area contributed by atoms with Crippen molar-refractivity contribution in [1.29, 1.82) is 0 Å². The summed E-state index contributed by atoms with van der Waals surface area (Å²) >= 11 is 0. The molecule has 1 aliphatic carbocycles. The first-order valence-corrected chi connectivity index (χ1v) is 11.0. The van der Waals surface area contributed by atoms with Crippen LogP contribution in [0, 0.1) is 18.7 Å². The van der Waals surface area contributed by atoms with Gasteiger partial charge in [0.1, 0.15) is 11.5 Å². The van der Waals surface area contributed by atoms with Gasteiger partial charge in [0, 0.05) is 12.0 Å². The molecule has 172 valence electrons. The van der Waals surface area contributed by atoms with Gasteiger partial charge in [-0.15, -0.1) is 0 Å². The highest BCUT2D eigenvalue weighted by atomic mass is 19.1. The molecular weight excluding hydrogens is 415 g/mol. The minimum atomic E-state index is -1.19. The summed E-state index contributed by atoms with van der Waals surface area (Å²) in [5.74, 6) is -0.997. The van der Waals surface area contributed by atoms with Gasteiger partial charge in [-0.1, -0.05) is 25.7 Å². The maximum Gasteiger partial charge on any atom is 0.335 e. The Morgan fingerprint density at radius 3 is 2.28 bits per heavy atom. The highest BCUT2D eigenvalue weighted by Crippen LogP contribution is 2.34. The maximum atomic E-state index is 13.8. The van der Waals surface area contributed by atoms with Crippen molar-refractivity contribution in [2.45, 2.75) is 51.9 Å². The van der Waals surface area contributed by atoms with Crippen LogP contribution in [0.2, 0.25) is 0 Å². The molecular formula is C25H29FO6. The second-order valence-electron chi connectivity index (χ2n) is 8.22. The summed E-state index contributed by atoms with van der Waals surface area (Å²) in [6, 6.07) is 6.87. The van der Waals surface area contributed by atoms with E-state index in [1.807, 2.05) is 0 Å². The van der Waals surface area contributed by atoms with Crippen molar-refractivity contribution in [2.24, 2.45) is 5.92 Å². The van der Waals surface area contributed by atoms with Crippen LogP contribution in [-0.4, -0.2) is 35.2 Å². The van der Waals surface area contributed by atoms with Crippen LogP contribution in [0.25, 0.3) is 0 Å². The molecule has 0 aromatic heterocycles. The smallest absolute Gasteiger partial charge is 0.335 e. The van der Waals surface area contributed by atoms with Gasteiger partial charge in [-0.3, -0.25) is 4.79 Å². The Bertz CT molecular complexity index is 965. The lowest BCUT2D eigenvalue weighted by Crippen LogP contribution is -2.08. The van der Waals surface area contributed by atoms with E-state index in [1.165, 1.54) is 25.0 Å². The molecule has 0 saturated heterocycles. The molecule has 32 heavy (non-hydrogen) atoms. The average molecular weight is 444 g/mol. The topological polar surface area (TPSA) is 93.1 Å². The number of aromatic carboxylic acids is 1. The summed E-state index contributed by atoms with van der Waals surface area (Å²) in [6.07, 6.45) is 6.22. The van der Waals surface area contributed by atoms with Crippen LogP contribution in [-0.2, 0) is 0 Å². The number of hydrogen-bond acceptors (Lipinski definition) is 5. The van der Waals surface area contributed by atoms with Crippen molar-refractivity contribution >= 4 is 11.8 Å². The second kappa shape index (κ2) is 11.0. The van der Waals surface area contributed by atoms with E-state index in [-0.39, 0.29) is 29.5 Å². The van der Waals surface area contributed by atoms with E-state index in [0.717, 1.165) is 18.9 Å². The molecule has 2 aromatic rings. The molecule has 0 bridgehead atoms. The molecule has 2 N–H and O–H groups in total.